The van der Waals surface area contributed by atoms with E-state index in [9.17, 15) is 0 Å². The fraction of sp³-hybridized carbons (Fsp3) is 0.273. The van der Waals surface area contributed by atoms with Gasteiger partial charge in [0.2, 0.25) is 5.88 Å². The molecule has 0 aliphatic heterocycles. The van der Waals surface area contributed by atoms with E-state index in [0.717, 1.165) is 11.3 Å². The Balaban J connectivity index is 2.23. The van der Waals surface area contributed by atoms with Crippen LogP contribution >= 0.6 is 0 Å². The molecule has 0 aliphatic carbocycles. The van der Waals surface area contributed by atoms with Crippen LogP contribution in [0.3, 0.4) is 0 Å². The van der Waals surface area contributed by atoms with E-state index in [1.165, 1.54) is 0 Å². The molecule has 0 aliphatic rings. The first-order valence-electron chi connectivity index (χ1n) is 4.88. The minimum absolute atomic E-state index is 0.635. The summed E-state index contributed by atoms with van der Waals surface area (Å²) in [4.78, 5) is 4.18. The van der Waals surface area contributed by atoms with Crippen LogP contribution in [0.15, 0.2) is 30.6 Å². The Hall–Kier alpha value is -1.84. The van der Waals surface area contributed by atoms with E-state index in [2.05, 4.69) is 10.1 Å². The average Bonchev–Trinajstić information content (AvgIpc) is 2.67. The standard InChI is InChI=1S/C11H13N3O/c1-3-15-11-5-4-9(8-12-11)10-6-7-14(2)13-10/h4-8H,3H2,1-2H3. The molecule has 0 unspecified atom stereocenters. The summed E-state index contributed by atoms with van der Waals surface area (Å²) in [6.45, 7) is 2.57. The van der Waals surface area contributed by atoms with Gasteiger partial charge in [-0.25, -0.2) is 4.98 Å². The van der Waals surface area contributed by atoms with Crippen LogP contribution in [-0.2, 0) is 7.05 Å². The quantitative estimate of drug-likeness (QED) is 0.764. The molecule has 0 amide bonds. The summed E-state index contributed by atoms with van der Waals surface area (Å²) in [7, 11) is 1.89. The monoisotopic (exact) mass is 203 g/mol. The number of hydrogen-bond donors (Lipinski definition) is 0. The molecule has 0 aromatic carbocycles. The van der Waals surface area contributed by atoms with Gasteiger partial charge in [0.25, 0.3) is 0 Å². The molecule has 78 valence electrons. The summed E-state index contributed by atoms with van der Waals surface area (Å²) in [5.74, 6) is 0.650. The van der Waals surface area contributed by atoms with Gasteiger partial charge in [0.1, 0.15) is 0 Å². The molecule has 0 fully saturated rings. The lowest BCUT2D eigenvalue weighted by atomic mass is 10.2. The summed E-state index contributed by atoms with van der Waals surface area (Å²) in [5.41, 5.74) is 1.92. The van der Waals surface area contributed by atoms with Crippen LogP contribution in [0, 0.1) is 0 Å². The average molecular weight is 203 g/mol. The zero-order chi connectivity index (χ0) is 10.7. The molecule has 0 radical (unpaired) electrons. The van der Waals surface area contributed by atoms with Crippen molar-refractivity contribution in [1.82, 2.24) is 14.8 Å². The van der Waals surface area contributed by atoms with Crippen molar-refractivity contribution in [3.63, 3.8) is 0 Å². The largest absolute Gasteiger partial charge is 0.478 e. The van der Waals surface area contributed by atoms with Crippen LogP contribution in [-0.4, -0.2) is 21.4 Å². The topological polar surface area (TPSA) is 39.9 Å². The summed E-state index contributed by atoms with van der Waals surface area (Å²) in [5, 5.41) is 4.29. The van der Waals surface area contributed by atoms with E-state index in [4.69, 9.17) is 4.74 Å². The van der Waals surface area contributed by atoms with Crippen LogP contribution in [0.25, 0.3) is 11.3 Å². The third-order valence-electron chi connectivity index (χ3n) is 2.04. The lowest BCUT2D eigenvalue weighted by molar-refractivity contribution is 0.327. The summed E-state index contributed by atoms with van der Waals surface area (Å²) >= 11 is 0. The second-order valence-corrected chi connectivity index (χ2v) is 3.19. The maximum atomic E-state index is 5.27. The maximum absolute atomic E-state index is 5.27. The summed E-state index contributed by atoms with van der Waals surface area (Å²) < 4.78 is 7.03. The van der Waals surface area contributed by atoms with E-state index in [0.29, 0.717) is 12.5 Å². The maximum Gasteiger partial charge on any atom is 0.213 e. The Kier molecular flexibility index (Phi) is 2.67. The van der Waals surface area contributed by atoms with E-state index < -0.39 is 0 Å². The van der Waals surface area contributed by atoms with Gasteiger partial charge in [0, 0.05) is 31.1 Å². The van der Waals surface area contributed by atoms with Gasteiger partial charge < -0.3 is 4.74 Å². The number of ether oxygens (including phenoxy) is 1. The highest BCUT2D eigenvalue weighted by molar-refractivity contribution is 5.57. The van der Waals surface area contributed by atoms with E-state index in [1.807, 2.05) is 38.4 Å². The fourth-order valence-electron chi connectivity index (χ4n) is 1.33. The molecule has 2 aromatic heterocycles. The zero-order valence-electron chi connectivity index (χ0n) is 8.84. The minimum atomic E-state index is 0.635. The molecule has 4 nitrogen and oxygen atoms in total. The molecule has 15 heavy (non-hydrogen) atoms. The highest BCUT2D eigenvalue weighted by Crippen LogP contribution is 2.17. The highest BCUT2D eigenvalue weighted by Gasteiger charge is 2.01. The molecule has 0 spiro atoms. The Morgan fingerprint density at radius 1 is 1.33 bits per heavy atom. The SMILES string of the molecule is CCOc1ccc(-c2ccn(C)n2)cn1. The van der Waals surface area contributed by atoms with Gasteiger partial charge >= 0.3 is 0 Å². The van der Waals surface area contributed by atoms with Crippen LogP contribution in [0.4, 0.5) is 0 Å². The van der Waals surface area contributed by atoms with Crippen molar-refractivity contribution in [2.24, 2.45) is 7.05 Å². The Morgan fingerprint density at radius 3 is 2.73 bits per heavy atom. The van der Waals surface area contributed by atoms with Gasteiger partial charge in [-0.05, 0) is 19.1 Å². The molecule has 0 atom stereocenters. The molecular formula is C11H13N3O. The Labute approximate surface area is 88.5 Å². The number of hydrogen-bond acceptors (Lipinski definition) is 3. The van der Waals surface area contributed by atoms with Crippen LogP contribution in [0.2, 0.25) is 0 Å². The Bertz CT molecular complexity index is 433. The van der Waals surface area contributed by atoms with Crippen molar-refractivity contribution >= 4 is 0 Å². The van der Waals surface area contributed by atoms with Crippen LogP contribution < -0.4 is 4.74 Å². The normalized spacial score (nSPS) is 10.3. The fourth-order valence-corrected chi connectivity index (χ4v) is 1.33. The first-order valence-corrected chi connectivity index (χ1v) is 4.88. The summed E-state index contributed by atoms with van der Waals surface area (Å²) in [6, 6.07) is 5.77. The van der Waals surface area contributed by atoms with Gasteiger partial charge in [-0.1, -0.05) is 0 Å². The third-order valence-corrected chi connectivity index (χ3v) is 2.04. The van der Waals surface area contributed by atoms with Crippen LogP contribution in [0.1, 0.15) is 6.92 Å². The molecule has 0 saturated heterocycles. The molecule has 0 N–H and O–H groups in total. The molecule has 2 rings (SSSR count). The Morgan fingerprint density at radius 2 is 2.20 bits per heavy atom. The molecular weight excluding hydrogens is 190 g/mol. The van der Waals surface area contributed by atoms with Crippen molar-refractivity contribution in [2.45, 2.75) is 6.92 Å². The number of aromatic nitrogens is 3. The van der Waals surface area contributed by atoms with Crippen LogP contribution in [0.5, 0.6) is 5.88 Å². The molecule has 2 heterocycles. The molecule has 0 saturated carbocycles. The van der Waals surface area contributed by atoms with Crippen molar-refractivity contribution in [2.75, 3.05) is 6.61 Å². The van der Waals surface area contributed by atoms with E-state index in [1.54, 1.807) is 10.9 Å². The van der Waals surface area contributed by atoms with Crippen molar-refractivity contribution in [3.05, 3.63) is 30.6 Å². The number of aryl methyl sites for hydroxylation is 1. The van der Waals surface area contributed by atoms with Gasteiger partial charge in [0.15, 0.2) is 0 Å². The van der Waals surface area contributed by atoms with E-state index >= 15 is 0 Å². The lowest BCUT2D eigenvalue weighted by Gasteiger charge is -2.01. The van der Waals surface area contributed by atoms with Crippen molar-refractivity contribution < 1.29 is 4.74 Å². The second-order valence-electron chi connectivity index (χ2n) is 3.19. The van der Waals surface area contributed by atoms with Gasteiger partial charge in [-0.3, -0.25) is 4.68 Å². The zero-order valence-corrected chi connectivity index (χ0v) is 8.84. The summed E-state index contributed by atoms with van der Waals surface area (Å²) in [6.07, 6.45) is 3.68. The van der Waals surface area contributed by atoms with Crippen molar-refractivity contribution in [3.8, 4) is 17.1 Å². The van der Waals surface area contributed by atoms with Crippen molar-refractivity contribution in [1.29, 1.82) is 0 Å². The lowest BCUT2D eigenvalue weighted by Crippen LogP contribution is -1.94. The third kappa shape index (κ3) is 2.15. The van der Waals surface area contributed by atoms with E-state index in [-0.39, 0.29) is 0 Å². The smallest absolute Gasteiger partial charge is 0.213 e. The molecule has 4 heteroatoms. The number of nitrogens with zero attached hydrogens (tertiary/aromatic N) is 3. The highest BCUT2D eigenvalue weighted by atomic mass is 16.5. The first-order chi connectivity index (χ1) is 7.29. The number of pyridine rings is 1. The molecule has 0 bridgehead atoms. The first kappa shape index (κ1) is 9.71. The van der Waals surface area contributed by atoms with Gasteiger partial charge in [-0.2, -0.15) is 5.10 Å². The molecule has 2 aromatic rings. The van der Waals surface area contributed by atoms with Gasteiger partial charge in [-0.15, -0.1) is 0 Å². The predicted molar refractivity (Wildman–Crippen MR) is 57.6 cm³/mol. The predicted octanol–water partition coefficient (Wildman–Crippen LogP) is 1.88. The van der Waals surface area contributed by atoms with Gasteiger partial charge in [0.05, 0.1) is 12.3 Å². The number of rotatable bonds is 3. The second kappa shape index (κ2) is 4.13. The minimum Gasteiger partial charge on any atom is -0.478 e.